The first kappa shape index (κ1) is 17.4. The van der Waals surface area contributed by atoms with Crippen molar-refractivity contribution in [2.75, 3.05) is 19.6 Å². The lowest BCUT2D eigenvalue weighted by Gasteiger charge is -2.34. The Morgan fingerprint density at radius 2 is 2.10 bits per heavy atom. The highest BCUT2D eigenvalue weighted by Crippen LogP contribution is 2.24. The van der Waals surface area contributed by atoms with Crippen LogP contribution in [0.2, 0.25) is 0 Å². The van der Waals surface area contributed by atoms with Gasteiger partial charge in [0.15, 0.2) is 0 Å². The lowest BCUT2D eigenvalue weighted by atomic mass is 9.83. The molecule has 2 rings (SSSR count). The zero-order valence-electron chi connectivity index (χ0n) is 11.9. The van der Waals surface area contributed by atoms with E-state index in [1.807, 2.05) is 0 Å². The van der Waals surface area contributed by atoms with Crippen molar-refractivity contribution in [1.29, 1.82) is 0 Å². The molecular formula is C14H20ClN3O3. The topological polar surface area (TPSA) is 84.3 Å². The van der Waals surface area contributed by atoms with E-state index in [0.717, 1.165) is 25.9 Å². The van der Waals surface area contributed by atoms with Crippen LogP contribution in [-0.2, 0) is 0 Å². The summed E-state index contributed by atoms with van der Waals surface area (Å²) in [6.07, 6.45) is 2.20. The number of amides is 1. The average Bonchev–Trinajstić information content (AvgIpc) is 2.46. The fourth-order valence-electron chi connectivity index (χ4n) is 2.40. The largest absolute Gasteiger partial charge is 0.351 e. The monoisotopic (exact) mass is 313 g/mol. The molecule has 0 spiro atoms. The van der Waals surface area contributed by atoms with E-state index in [1.54, 1.807) is 0 Å². The maximum Gasteiger partial charge on any atom is 0.269 e. The Kier molecular flexibility index (Phi) is 6.11. The third-order valence-electron chi connectivity index (χ3n) is 3.70. The summed E-state index contributed by atoms with van der Waals surface area (Å²) in [5.74, 6) is -0.188. The lowest BCUT2D eigenvalue weighted by molar-refractivity contribution is -0.384. The van der Waals surface area contributed by atoms with Crippen molar-refractivity contribution in [1.82, 2.24) is 10.6 Å². The van der Waals surface area contributed by atoms with Gasteiger partial charge in [-0.1, -0.05) is 6.92 Å². The van der Waals surface area contributed by atoms with Gasteiger partial charge in [-0.05, 0) is 36.9 Å². The number of rotatable bonds is 4. The Labute approximate surface area is 129 Å². The van der Waals surface area contributed by atoms with Crippen LogP contribution >= 0.6 is 12.4 Å². The molecule has 0 radical (unpaired) electrons. The minimum Gasteiger partial charge on any atom is -0.351 e. The van der Waals surface area contributed by atoms with E-state index in [2.05, 4.69) is 17.6 Å². The van der Waals surface area contributed by atoms with Crippen molar-refractivity contribution < 1.29 is 9.72 Å². The second kappa shape index (κ2) is 7.38. The standard InChI is InChI=1S/C14H19N3O3.ClH/c1-14(7-2-8-15-9-14)10-16-13(18)11-3-5-12(6-4-11)17(19)20;/h3-6,15H,2,7-10H2,1H3,(H,16,18);1H. The van der Waals surface area contributed by atoms with E-state index in [4.69, 9.17) is 0 Å². The summed E-state index contributed by atoms with van der Waals surface area (Å²) in [4.78, 5) is 22.1. The van der Waals surface area contributed by atoms with Crippen molar-refractivity contribution in [2.24, 2.45) is 5.41 Å². The highest BCUT2D eigenvalue weighted by Gasteiger charge is 2.27. The van der Waals surface area contributed by atoms with Crippen molar-refractivity contribution >= 4 is 24.0 Å². The minimum atomic E-state index is -0.476. The van der Waals surface area contributed by atoms with E-state index in [-0.39, 0.29) is 29.4 Å². The first-order valence-electron chi connectivity index (χ1n) is 6.74. The van der Waals surface area contributed by atoms with Gasteiger partial charge in [0.1, 0.15) is 0 Å². The zero-order chi connectivity index (χ0) is 14.6. The maximum atomic E-state index is 12.0. The third-order valence-corrected chi connectivity index (χ3v) is 3.70. The number of nitrogens with zero attached hydrogens (tertiary/aromatic N) is 1. The van der Waals surface area contributed by atoms with Crippen LogP contribution in [-0.4, -0.2) is 30.5 Å². The summed E-state index contributed by atoms with van der Waals surface area (Å²) in [7, 11) is 0. The number of benzene rings is 1. The van der Waals surface area contributed by atoms with Crippen LogP contribution in [0.5, 0.6) is 0 Å². The summed E-state index contributed by atoms with van der Waals surface area (Å²) >= 11 is 0. The Morgan fingerprint density at radius 3 is 2.62 bits per heavy atom. The van der Waals surface area contributed by atoms with Crippen molar-refractivity contribution in [2.45, 2.75) is 19.8 Å². The zero-order valence-corrected chi connectivity index (χ0v) is 12.7. The molecule has 1 fully saturated rings. The molecule has 7 heteroatoms. The highest BCUT2D eigenvalue weighted by molar-refractivity contribution is 5.94. The number of hydrogen-bond donors (Lipinski definition) is 2. The van der Waals surface area contributed by atoms with Gasteiger partial charge in [-0.15, -0.1) is 12.4 Å². The molecular weight excluding hydrogens is 294 g/mol. The summed E-state index contributed by atoms with van der Waals surface area (Å²) in [6, 6.07) is 5.65. The Balaban J connectivity index is 0.00000220. The molecule has 1 aromatic carbocycles. The molecule has 0 aliphatic carbocycles. The van der Waals surface area contributed by atoms with E-state index in [9.17, 15) is 14.9 Å². The molecule has 1 aliphatic rings. The molecule has 6 nitrogen and oxygen atoms in total. The number of nitro groups is 1. The first-order chi connectivity index (χ1) is 9.50. The fraction of sp³-hybridized carbons (Fsp3) is 0.500. The predicted octanol–water partition coefficient (Wildman–Crippen LogP) is 2.14. The van der Waals surface area contributed by atoms with Crippen LogP contribution < -0.4 is 10.6 Å². The predicted molar refractivity (Wildman–Crippen MR) is 82.9 cm³/mol. The number of nitro benzene ring substituents is 1. The third kappa shape index (κ3) is 4.68. The van der Waals surface area contributed by atoms with Crippen LogP contribution in [0.25, 0.3) is 0 Å². The van der Waals surface area contributed by atoms with E-state index >= 15 is 0 Å². The van der Waals surface area contributed by atoms with E-state index in [1.165, 1.54) is 24.3 Å². The lowest BCUT2D eigenvalue weighted by Crippen LogP contribution is -2.45. The molecule has 0 bridgehead atoms. The Morgan fingerprint density at radius 1 is 1.43 bits per heavy atom. The van der Waals surface area contributed by atoms with Crippen molar-refractivity contribution in [3.8, 4) is 0 Å². The summed E-state index contributed by atoms with van der Waals surface area (Å²) in [5, 5.41) is 16.8. The summed E-state index contributed by atoms with van der Waals surface area (Å²) in [6.45, 7) is 4.69. The molecule has 1 aliphatic heterocycles. The van der Waals surface area contributed by atoms with E-state index in [0.29, 0.717) is 12.1 Å². The summed E-state index contributed by atoms with van der Waals surface area (Å²) in [5.41, 5.74) is 0.516. The Bertz CT molecular complexity index is 499. The average molecular weight is 314 g/mol. The molecule has 1 heterocycles. The number of hydrogen-bond acceptors (Lipinski definition) is 4. The Hall–Kier alpha value is -1.66. The van der Waals surface area contributed by atoms with Gasteiger partial charge in [0.25, 0.3) is 11.6 Å². The highest BCUT2D eigenvalue weighted by atomic mass is 35.5. The molecule has 0 saturated carbocycles. The van der Waals surface area contributed by atoms with Crippen LogP contribution in [0, 0.1) is 15.5 Å². The normalized spacial score (nSPS) is 21.2. The molecule has 1 saturated heterocycles. The first-order valence-corrected chi connectivity index (χ1v) is 6.74. The molecule has 1 unspecified atom stereocenters. The molecule has 0 aromatic heterocycles. The molecule has 1 atom stereocenters. The van der Waals surface area contributed by atoms with Gasteiger partial charge in [-0.25, -0.2) is 0 Å². The smallest absolute Gasteiger partial charge is 0.269 e. The van der Waals surface area contributed by atoms with Crippen molar-refractivity contribution in [3.63, 3.8) is 0 Å². The second-order valence-electron chi connectivity index (χ2n) is 5.58. The number of non-ortho nitro benzene ring substituents is 1. The fourth-order valence-corrected chi connectivity index (χ4v) is 2.40. The van der Waals surface area contributed by atoms with Crippen molar-refractivity contribution in [3.05, 3.63) is 39.9 Å². The quantitative estimate of drug-likeness (QED) is 0.659. The maximum absolute atomic E-state index is 12.0. The van der Waals surface area contributed by atoms with Gasteiger partial charge in [0.05, 0.1) is 4.92 Å². The molecule has 116 valence electrons. The van der Waals surface area contributed by atoms with Gasteiger partial charge < -0.3 is 10.6 Å². The second-order valence-corrected chi connectivity index (χ2v) is 5.58. The van der Waals surface area contributed by atoms with Gasteiger partial charge in [-0.3, -0.25) is 14.9 Å². The van der Waals surface area contributed by atoms with E-state index < -0.39 is 4.92 Å². The van der Waals surface area contributed by atoms with Gasteiger partial charge in [0, 0.05) is 30.8 Å². The van der Waals surface area contributed by atoms with Gasteiger partial charge >= 0.3 is 0 Å². The summed E-state index contributed by atoms with van der Waals surface area (Å²) < 4.78 is 0. The van der Waals surface area contributed by atoms with Gasteiger partial charge in [-0.2, -0.15) is 0 Å². The van der Waals surface area contributed by atoms with Crippen LogP contribution in [0.15, 0.2) is 24.3 Å². The number of carbonyl (C=O) groups excluding carboxylic acids is 1. The molecule has 1 amide bonds. The molecule has 21 heavy (non-hydrogen) atoms. The van der Waals surface area contributed by atoms with Gasteiger partial charge in [0.2, 0.25) is 0 Å². The number of nitrogens with one attached hydrogen (secondary N) is 2. The number of carbonyl (C=O) groups is 1. The molecule has 1 aromatic rings. The SMILES string of the molecule is CC1(CNC(=O)c2ccc([N+](=O)[O-])cc2)CCCNC1.Cl. The van der Waals surface area contributed by atoms with Crippen LogP contribution in [0.4, 0.5) is 5.69 Å². The van der Waals surface area contributed by atoms with Crippen LogP contribution in [0.1, 0.15) is 30.1 Å². The van der Waals surface area contributed by atoms with Crippen LogP contribution in [0.3, 0.4) is 0 Å². The minimum absolute atomic E-state index is 0. The number of halogens is 1. The number of piperidine rings is 1. The molecule has 2 N–H and O–H groups in total.